The molecule has 1 aliphatic heterocycles. The fourth-order valence-corrected chi connectivity index (χ4v) is 2.37. The molecular formula is C15H21NO2. The summed E-state index contributed by atoms with van der Waals surface area (Å²) in [4.78, 5) is 14.2. The van der Waals surface area contributed by atoms with Gasteiger partial charge in [0.1, 0.15) is 0 Å². The van der Waals surface area contributed by atoms with E-state index < -0.39 is 0 Å². The predicted molar refractivity (Wildman–Crippen MR) is 71.7 cm³/mol. The molecule has 1 fully saturated rings. The lowest BCUT2D eigenvalue weighted by molar-refractivity contribution is 0.0295. The Morgan fingerprint density at radius 2 is 2.28 bits per heavy atom. The summed E-state index contributed by atoms with van der Waals surface area (Å²) in [5.74, 6) is 0.482. The maximum absolute atomic E-state index is 12.1. The molecule has 18 heavy (non-hydrogen) atoms. The van der Waals surface area contributed by atoms with Crippen molar-refractivity contribution < 1.29 is 9.90 Å². The molecule has 2 atom stereocenters. The molecule has 3 heteroatoms. The normalized spacial score (nSPS) is 25.1. The van der Waals surface area contributed by atoms with Gasteiger partial charge in [0.15, 0.2) is 5.78 Å². The zero-order valence-electron chi connectivity index (χ0n) is 11.1. The number of hydrogen-bond acceptors (Lipinski definition) is 3. The van der Waals surface area contributed by atoms with Gasteiger partial charge in [-0.3, -0.25) is 9.69 Å². The third-order valence-corrected chi connectivity index (χ3v) is 3.71. The average molecular weight is 247 g/mol. The lowest BCUT2D eigenvalue weighted by Crippen LogP contribution is -2.44. The molecule has 1 heterocycles. The van der Waals surface area contributed by atoms with Gasteiger partial charge in [0, 0.05) is 12.1 Å². The molecule has 0 spiro atoms. The summed E-state index contributed by atoms with van der Waals surface area (Å²) >= 11 is 0. The van der Waals surface area contributed by atoms with E-state index in [0.29, 0.717) is 19.0 Å². The van der Waals surface area contributed by atoms with E-state index in [0.717, 1.165) is 24.1 Å². The third kappa shape index (κ3) is 3.18. The first-order valence-corrected chi connectivity index (χ1v) is 6.56. The fraction of sp³-hybridized carbons (Fsp3) is 0.533. The van der Waals surface area contributed by atoms with Gasteiger partial charge < -0.3 is 5.11 Å². The summed E-state index contributed by atoms with van der Waals surface area (Å²) in [5.41, 5.74) is 1.87. The van der Waals surface area contributed by atoms with Crippen LogP contribution in [0, 0.1) is 12.8 Å². The molecular weight excluding hydrogens is 226 g/mol. The highest BCUT2D eigenvalue weighted by Gasteiger charge is 2.25. The second-order valence-electron chi connectivity index (χ2n) is 5.36. The standard InChI is InChI=1S/C15H21NO2/c1-11-4-3-5-13(8-11)15(18)10-16-7-6-12(2)14(17)9-16/h3-5,8,12,14,17H,6-7,9-10H2,1-2H3. The van der Waals surface area contributed by atoms with Crippen molar-refractivity contribution >= 4 is 5.78 Å². The molecule has 1 saturated heterocycles. The highest BCUT2D eigenvalue weighted by atomic mass is 16.3. The fourth-order valence-electron chi connectivity index (χ4n) is 2.37. The minimum absolute atomic E-state index is 0.139. The monoisotopic (exact) mass is 247 g/mol. The summed E-state index contributed by atoms with van der Waals surface area (Å²) in [6.45, 7) is 5.97. The number of aryl methyl sites for hydroxylation is 1. The van der Waals surface area contributed by atoms with Gasteiger partial charge in [-0.05, 0) is 31.9 Å². The van der Waals surface area contributed by atoms with E-state index in [1.165, 1.54) is 0 Å². The zero-order valence-corrected chi connectivity index (χ0v) is 11.1. The number of benzene rings is 1. The van der Waals surface area contributed by atoms with E-state index in [1.807, 2.05) is 31.2 Å². The topological polar surface area (TPSA) is 40.5 Å². The first-order valence-electron chi connectivity index (χ1n) is 6.56. The number of ketones is 1. The summed E-state index contributed by atoms with van der Waals surface area (Å²) in [7, 11) is 0. The third-order valence-electron chi connectivity index (χ3n) is 3.71. The van der Waals surface area contributed by atoms with Crippen LogP contribution in [-0.4, -0.2) is 41.5 Å². The smallest absolute Gasteiger partial charge is 0.176 e. The zero-order chi connectivity index (χ0) is 13.1. The van der Waals surface area contributed by atoms with Gasteiger partial charge in [-0.1, -0.05) is 30.7 Å². The van der Waals surface area contributed by atoms with Crippen LogP contribution in [0.25, 0.3) is 0 Å². The van der Waals surface area contributed by atoms with E-state index >= 15 is 0 Å². The van der Waals surface area contributed by atoms with Crippen molar-refractivity contribution in [2.24, 2.45) is 5.92 Å². The van der Waals surface area contributed by atoms with Crippen molar-refractivity contribution in [3.05, 3.63) is 35.4 Å². The number of hydrogen-bond donors (Lipinski definition) is 1. The highest BCUT2D eigenvalue weighted by Crippen LogP contribution is 2.17. The maximum atomic E-state index is 12.1. The van der Waals surface area contributed by atoms with Crippen LogP contribution in [-0.2, 0) is 0 Å². The minimum Gasteiger partial charge on any atom is -0.392 e. The Labute approximate surface area is 108 Å². The molecule has 2 unspecified atom stereocenters. The molecule has 3 nitrogen and oxygen atoms in total. The van der Waals surface area contributed by atoms with Crippen LogP contribution in [0.5, 0.6) is 0 Å². The number of aliphatic hydroxyl groups is 1. The van der Waals surface area contributed by atoms with Crippen LogP contribution in [0.4, 0.5) is 0 Å². The first-order chi connectivity index (χ1) is 8.56. The average Bonchev–Trinajstić information content (AvgIpc) is 2.34. The van der Waals surface area contributed by atoms with E-state index in [1.54, 1.807) is 0 Å². The Morgan fingerprint density at radius 1 is 1.50 bits per heavy atom. The highest BCUT2D eigenvalue weighted by molar-refractivity contribution is 5.97. The predicted octanol–water partition coefficient (Wildman–Crippen LogP) is 1.88. The van der Waals surface area contributed by atoms with E-state index in [2.05, 4.69) is 11.8 Å². The summed E-state index contributed by atoms with van der Waals surface area (Å²) in [6, 6.07) is 7.68. The Balaban J connectivity index is 1.96. The number of β-amino-alcohol motifs (C(OH)–C–C–N with tert-alkyl or cyclic N) is 1. The number of nitrogens with zero attached hydrogens (tertiary/aromatic N) is 1. The van der Waals surface area contributed by atoms with Crippen molar-refractivity contribution in [2.45, 2.75) is 26.4 Å². The molecule has 0 aromatic heterocycles. The van der Waals surface area contributed by atoms with Crippen molar-refractivity contribution in [3.63, 3.8) is 0 Å². The molecule has 0 amide bonds. The number of rotatable bonds is 3. The van der Waals surface area contributed by atoms with Gasteiger partial charge in [-0.2, -0.15) is 0 Å². The van der Waals surface area contributed by atoms with Crippen LogP contribution in [0.1, 0.15) is 29.3 Å². The molecule has 0 aliphatic carbocycles. The summed E-state index contributed by atoms with van der Waals surface area (Å²) in [5, 5.41) is 9.82. The first kappa shape index (κ1) is 13.2. The van der Waals surface area contributed by atoms with Crippen molar-refractivity contribution in [2.75, 3.05) is 19.6 Å². The van der Waals surface area contributed by atoms with Crippen molar-refractivity contribution in [1.82, 2.24) is 4.90 Å². The molecule has 0 bridgehead atoms. The number of piperidine rings is 1. The van der Waals surface area contributed by atoms with Gasteiger partial charge in [-0.25, -0.2) is 0 Å². The molecule has 0 radical (unpaired) electrons. The molecule has 0 saturated carbocycles. The minimum atomic E-state index is -0.302. The van der Waals surface area contributed by atoms with E-state index in [4.69, 9.17) is 0 Å². The Bertz CT molecular complexity index is 430. The number of carbonyl (C=O) groups excluding carboxylic acids is 1. The van der Waals surface area contributed by atoms with Gasteiger partial charge in [0.25, 0.3) is 0 Å². The molecule has 2 rings (SSSR count). The van der Waals surface area contributed by atoms with E-state index in [-0.39, 0.29) is 11.9 Å². The Kier molecular flexibility index (Phi) is 4.15. The summed E-state index contributed by atoms with van der Waals surface area (Å²) < 4.78 is 0. The van der Waals surface area contributed by atoms with Gasteiger partial charge in [0.2, 0.25) is 0 Å². The Hall–Kier alpha value is -1.19. The van der Waals surface area contributed by atoms with Gasteiger partial charge >= 0.3 is 0 Å². The van der Waals surface area contributed by atoms with Crippen LogP contribution < -0.4 is 0 Å². The molecule has 1 aromatic rings. The number of likely N-dealkylation sites (tertiary alicyclic amines) is 1. The second kappa shape index (κ2) is 5.63. The number of aliphatic hydroxyl groups excluding tert-OH is 1. The second-order valence-corrected chi connectivity index (χ2v) is 5.36. The Morgan fingerprint density at radius 3 is 2.94 bits per heavy atom. The SMILES string of the molecule is Cc1cccc(C(=O)CN2CCC(C)C(O)C2)c1. The van der Waals surface area contributed by atoms with Crippen LogP contribution >= 0.6 is 0 Å². The van der Waals surface area contributed by atoms with Crippen LogP contribution in [0.2, 0.25) is 0 Å². The number of Topliss-reactive ketones (excluding diaryl/α,β-unsaturated/α-hetero) is 1. The lowest BCUT2D eigenvalue weighted by Gasteiger charge is -2.33. The van der Waals surface area contributed by atoms with Crippen molar-refractivity contribution in [1.29, 1.82) is 0 Å². The molecule has 1 aliphatic rings. The van der Waals surface area contributed by atoms with Gasteiger partial charge in [0.05, 0.1) is 12.6 Å². The lowest BCUT2D eigenvalue weighted by atomic mass is 9.95. The molecule has 1 aromatic carbocycles. The quantitative estimate of drug-likeness (QED) is 0.829. The maximum Gasteiger partial charge on any atom is 0.176 e. The number of carbonyl (C=O) groups is 1. The van der Waals surface area contributed by atoms with Crippen LogP contribution in [0.15, 0.2) is 24.3 Å². The van der Waals surface area contributed by atoms with E-state index in [9.17, 15) is 9.90 Å². The van der Waals surface area contributed by atoms with Gasteiger partial charge in [-0.15, -0.1) is 0 Å². The van der Waals surface area contributed by atoms with Crippen molar-refractivity contribution in [3.8, 4) is 0 Å². The van der Waals surface area contributed by atoms with Crippen LogP contribution in [0.3, 0.4) is 0 Å². The molecule has 98 valence electrons. The largest absolute Gasteiger partial charge is 0.392 e. The summed E-state index contributed by atoms with van der Waals surface area (Å²) in [6.07, 6.45) is 0.659. The molecule has 1 N–H and O–H groups in total.